The summed E-state index contributed by atoms with van der Waals surface area (Å²) in [7, 11) is 0. The average Bonchev–Trinajstić information content (AvgIpc) is 2.28. The highest BCUT2D eigenvalue weighted by atomic mass is 35.5. The third-order valence-corrected chi connectivity index (χ3v) is 2.99. The fourth-order valence-electron chi connectivity index (χ4n) is 1.61. The lowest BCUT2D eigenvalue weighted by Crippen LogP contribution is -2.01. The minimum Gasteiger partial charge on any atom is -0.253 e. The third-order valence-electron chi connectivity index (χ3n) is 2.37. The lowest BCUT2D eigenvalue weighted by atomic mass is 10.0. The van der Waals surface area contributed by atoms with Crippen LogP contribution in [-0.2, 0) is 6.42 Å². The molecular formula is C13H15Cl2N. The number of alkyl halides is 1. The Morgan fingerprint density at radius 1 is 1.44 bits per heavy atom. The average molecular weight is 256 g/mol. The lowest BCUT2D eigenvalue weighted by molar-refractivity contribution is 1.04. The Balaban J connectivity index is 3.44. The van der Waals surface area contributed by atoms with Crippen LogP contribution in [0.15, 0.2) is 12.7 Å². The highest BCUT2D eigenvalue weighted by Crippen LogP contribution is 2.28. The molecule has 0 spiro atoms. The Hall–Kier alpha value is -0.790. The van der Waals surface area contributed by atoms with E-state index in [0.717, 1.165) is 34.0 Å². The molecule has 0 saturated carbocycles. The molecule has 0 fully saturated rings. The van der Waals surface area contributed by atoms with Crippen molar-refractivity contribution < 1.29 is 0 Å². The van der Waals surface area contributed by atoms with Gasteiger partial charge >= 0.3 is 0 Å². The fourth-order valence-corrected chi connectivity index (χ4v) is 2.19. The van der Waals surface area contributed by atoms with E-state index >= 15 is 0 Å². The molecule has 0 aromatic carbocycles. The molecule has 3 heteroatoms. The van der Waals surface area contributed by atoms with Crippen LogP contribution in [0.25, 0.3) is 12.2 Å². The van der Waals surface area contributed by atoms with Gasteiger partial charge in [-0.3, -0.25) is 4.98 Å². The van der Waals surface area contributed by atoms with Crippen LogP contribution in [0.2, 0.25) is 5.02 Å². The van der Waals surface area contributed by atoms with Gasteiger partial charge < -0.3 is 0 Å². The van der Waals surface area contributed by atoms with Crippen LogP contribution >= 0.6 is 23.2 Å². The summed E-state index contributed by atoms with van der Waals surface area (Å²) in [4.78, 5) is 4.48. The monoisotopic (exact) mass is 255 g/mol. The molecule has 0 amide bonds. The van der Waals surface area contributed by atoms with Crippen LogP contribution in [0.1, 0.15) is 29.4 Å². The van der Waals surface area contributed by atoms with E-state index in [1.807, 2.05) is 26.0 Å². The van der Waals surface area contributed by atoms with Crippen molar-refractivity contribution in [1.29, 1.82) is 0 Å². The first-order valence-corrected chi connectivity index (χ1v) is 6.07. The van der Waals surface area contributed by atoms with Crippen molar-refractivity contribution in [1.82, 2.24) is 4.98 Å². The van der Waals surface area contributed by atoms with E-state index in [4.69, 9.17) is 23.2 Å². The number of pyridine rings is 1. The molecule has 1 aromatic heterocycles. The zero-order valence-corrected chi connectivity index (χ0v) is 11.1. The van der Waals surface area contributed by atoms with Gasteiger partial charge in [-0.15, -0.1) is 11.6 Å². The molecule has 0 aliphatic heterocycles. The molecular weight excluding hydrogens is 241 g/mol. The molecule has 0 N–H and O–H groups in total. The maximum Gasteiger partial charge on any atom is 0.0714 e. The van der Waals surface area contributed by atoms with Gasteiger partial charge in [-0.25, -0.2) is 0 Å². The van der Waals surface area contributed by atoms with E-state index in [0.29, 0.717) is 5.88 Å². The minimum absolute atomic E-state index is 0.547. The molecule has 0 saturated heterocycles. The number of halogens is 2. The molecule has 1 aromatic rings. The topological polar surface area (TPSA) is 12.9 Å². The molecule has 0 aliphatic carbocycles. The summed E-state index contributed by atoms with van der Waals surface area (Å²) in [6.07, 6.45) is 6.35. The molecule has 0 bridgehead atoms. The fraction of sp³-hybridized carbons (Fsp3) is 0.308. The molecule has 0 atom stereocenters. The second-order valence-corrected chi connectivity index (χ2v) is 4.19. The SMILES string of the molecule is C=Cc1nc(C)c(CCCl)c(Cl)c1/C=C\C. The normalized spacial score (nSPS) is 11.0. The van der Waals surface area contributed by atoms with Crippen molar-refractivity contribution in [3.63, 3.8) is 0 Å². The van der Waals surface area contributed by atoms with Gasteiger partial charge in [0.1, 0.15) is 0 Å². The summed E-state index contributed by atoms with van der Waals surface area (Å²) in [5, 5.41) is 0.737. The number of nitrogens with zero attached hydrogens (tertiary/aromatic N) is 1. The molecule has 16 heavy (non-hydrogen) atoms. The lowest BCUT2D eigenvalue weighted by Gasteiger charge is -2.12. The number of hydrogen-bond acceptors (Lipinski definition) is 1. The Bertz CT molecular complexity index is 422. The van der Waals surface area contributed by atoms with E-state index < -0.39 is 0 Å². The van der Waals surface area contributed by atoms with Gasteiger partial charge in [0.25, 0.3) is 0 Å². The van der Waals surface area contributed by atoms with Crippen molar-refractivity contribution in [3.05, 3.63) is 40.2 Å². The zero-order chi connectivity index (χ0) is 12.1. The molecule has 1 rings (SSSR count). The molecule has 0 unspecified atom stereocenters. The van der Waals surface area contributed by atoms with Crippen molar-refractivity contribution in [2.45, 2.75) is 20.3 Å². The van der Waals surface area contributed by atoms with Gasteiger partial charge in [-0.2, -0.15) is 0 Å². The predicted octanol–water partition coefficient (Wildman–Crippen LogP) is 4.50. The highest BCUT2D eigenvalue weighted by molar-refractivity contribution is 6.33. The van der Waals surface area contributed by atoms with Gasteiger partial charge in [0.15, 0.2) is 0 Å². The van der Waals surface area contributed by atoms with Crippen molar-refractivity contribution in [3.8, 4) is 0 Å². The van der Waals surface area contributed by atoms with Gasteiger partial charge in [-0.05, 0) is 31.9 Å². The van der Waals surface area contributed by atoms with E-state index in [1.54, 1.807) is 6.08 Å². The molecule has 86 valence electrons. The van der Waals surface area contributed by atoms with Crippen molar-refractivity contribution in [2.24, 2.45) is 0 Å². The standard InChI is InChI=1S/C13H15Cl2N/c1-4-6-11-12(5-2)16-9(3)10(7-8-14)13(11)15/h4-6H,2,7-8H2,1,3H3/b6-4-. The number of rotatable bonds is 4. The summed E-state index contributed by atoms with van der Waals surface area (Å²) in [5.41, 5.74) is 3.69. The summed E-state index contributed by atoms with van der Waals surface area (Å²) in [6.45, 7) is 7.64. The van der Waals surface area contributed by atoms with Gasteiger partial charge in [0.05, 0.1) is 10.7 Å². The van der Waals surface area contributed by atoms with E-state index in [2.05, 4.69) is 11.6 Å². The van der Waals surface area contributed by atoms with Crippen LogP contribution in [0.4, 0.5) is 0 Å². The predicted molar refractivity (Wildman–Crippen MR) is 73.2 cm³/mol. The molecule has 1 heterocycles. The van der Waals surface area contributed by atoms with Crippen molar-refractivity contribution in [2.75, 3.05) is 5.88 Å². The first kappa shape index (κ1) is 13.3. The summed E-state index contributed by atoms with van der Waals surface area (Å²) < 4.78 is 0. The van der Waals surface area contributed by atoms with E-state index in [9.17, 15) is 0 Å². The summed E-state index contributed by atoms with van der Waals surface area (Å²) in [5.74, 6) is 0.547. The number of aryl methyl sites for hydroxylation is 1. The third kappa shape index (κ3) is 2.66. The van der Waals surface area contributed by atoms with Crippen LogP contribution in [-0.4, -0.2) is 10.9 Å². The smallest absolute Gasteiger partial charge is 0.0714 e. The first-order valence-electron chi connectivity index (χ1n) is 5.15. The maximum absolute atomic E-state index is 6.36. The van der Waals surface area contributed by atoms with E-state index in [-0.39, 0.29) is 0 Å². The number of hydrogen-bond donors (Lipinski definition) is 0. The Morgan fingerprint density at radius 3 is 2.62 bits per heavy atom. The summed E-state index contributed by atoms with van der Waals surface area (Å²) >= 11 is 12.1. The Labute approximate surface area is 107 Å². The Morgan fingerprint density at radius 2 is 2.12 bits per heavy atom. The zero-order valence-electron chi connectivity index (χ0n) is 9.56. The quantitative estimate of drug-likeness (QED) is 0.723. The van der Waals surface area contributed by atoms with Crippen LogP contribution < -0.4 is 0 Å². The van der Waals surface area contributed by atoms with Gasteiger partial charge in [-0.1, -0.05) is 30.3 Å². The van der Waals surface area contributed by atoms with Crippen molar-refractivity contribution >= 4 is 35.4 Å². The number of aromatic nitrogens is 1. The van der Waals surface area contributed by atoms with E-state index in [1.165, 1.54) is 0 Å². The van der Waals surface area contributed by atoms with Gasteiger partial charge in [0.2, 0.25) is 0 Å². The molecule has 0 radical (unpaired) electrons. The van der Waals surface area contributed by atoms with Crippen LogP contribution in [0.5, 0.6) is 0 Å². The van der Waals surface area contributed by atoms with Crippen LogP contribution in [0.3, 0.4) is 0 Å². The number of allylic oxidation sites excluding steroid dienone is 1. The van der Waals surface area contributed by atoms with Crippen LogP contribution in [0, 0.1) is 6.92 Å². The second-order valence-electron chi connectivity index (χ2n) is 3.43. The Kier molecular flexibility index (Phi) is 5.04. The first-order chi connectivity index (χ1) is 7.65. The second kappa shape index (κ2) is 6.07. The maximum atomic E-state index is 6.36. The summed E-state index contributed by atoms with van der Waals surface area (Å²) in [6, 6.07) is 0. The van der Waals surface area contributed by atoms with Gasteiger partial charge in [0, 0.05) is 17.1 Å². The minimum atomic E-state index is 0.547. The largest absolute Gasteiger partial charge is 0.253 e. The highest BCUT2D eigenvalue weighted by Gasteiger charge is 2.12. The molecule has 1 nitrogen and oxygen atoms in total. The molecule has 0 aliphatic rings.